The molecule has 196 valence electrons. The highest BCUT2D eigenvalue weighted by molar-refractivity contribution is 5.90. The molecular formula is C26H32F3N3O4. The summed E-state index contributed by atoms with van der Waals surface area (Å²) < 4.78 is 57.0. The first-order valence-corrected chi connectivity index (χ1v) is 12.2. The van der Waals surface area contributed by atoms with Crippen molar-refractivity contribution in [2.45, 2.75) is 51.7 Å². The number of esters is 1. The van der Waals surface area contributed by atoms with E-state index in [0.717, 1.165) is 81.4 Å². The van der Waals surface area contributed by atoms with Gasteiger partial charge in [-0.2, -0.15) is 18.3 Å². The molecule has 1 spiro atoms. The molecule has 0 atom stereocenters. The van der Waals surface area contributed by atoms with Crippen LogP contribution in [-0.4, -0.2) is 49.2 Å². The standard InChI is InChI=1S/C26H32F3N3O4/c1-4-32-23-17(2)30-16-25(9-12-35-13-10-25)15-19(23)21(31-32)6-5-11-36-24(33)18-7-8-20(26(27,28)29)22(14-18)34-3/h7-8,14,30H,2,4-6,9-13,15-16H2,1,3H3. The molecule has 1 aromatic heterocycles. The highest BCUT2D eigenvalue weighted by Crippen LogP contribution is 2.40. The van der Waals surface area contributed by atoms with Gasteiger partial charge in [0.05, 0.1) is 41.9 Å². The largest absolute Gasteiger partial charge is 0.496 e. The maximum atomic E-state index is 13.1. The number of nitrogens with zero attached hydrogens (tertiary/aromatic N) is 2. The Hall–Kier alpha value is -3.01. The molecule has 10 heteroatoms. The Morgan fingerprint density at radius 1 is 1.31 bits per heavy atom. The van der Waals surface area contributed by atoms with Gasteiger partial charge in [0.1, 0.15) is 5.75 Å². The maximum Gasteiger partial charge on any atom is 0.419 e. The number of halogens is 3. The van der Waals surface area contributed by atoms with E-state index in [4.69, 9.17) is 19.3 Å². The van der Waals surface area contributed by atoms with Gasteiger partial charge >= 0.3 is 12.1 Å². The second-order valence-electron chi connectivity index (χ2n) is 9.36. The zero-order chi connectivity index (χ0) is 25.9. The van der Waals surface area contributed by atoms with Crippen LogP contribution in [0.25, 0.3) is 5.70 Å². The Morgan fingerprint density at radius 2 is 2.06 bits per heavy atom. The monoisotopic (exact) mass is 507 g/mol. The Labute approximate surface area is 208 Å². The lowest BCUT2D eigenvalue weighted by Gasteiger charge is -2.36. The first-order chi connectivity index (χ1) is 17.2. The molecule has 1 N–H and O–H groups in total. The summed E-state index contributed by atoms with van der Waals surface area (Å²) in [7, 11) is 1.13. The van der Waals surface area contributed by atoms with Crippen LogP contribution >= 0.6 is 0 Å². The SMILES string of the molecule is C=C1NCC2(CCOCC2)Cc2c(CCCOC(=O)c3ccc(C(F)(F)F)c(OC)c3)nn(CC)c21. The molecule has 2 aromatic rings. The molecule has 1 saturated heterocycles. The number of nitrogens with one attached hydrogen (secondary N) is 1. The number of alkyl halides is 3. The number of carbonyl (C=O) groups is 1. The number of aryl methyl sites for hydroxylation is 2. The lowest BCUT2D eigenvalue weighted by atomic mass is 9.75. The molecule has 0 saturated carbocycles. The molecular weight excluding hydrogens is 475 g/mol. The summed E-state index contributed by atoms with van der Waals surface area (Å²) in [6.07, 6.45) is -0.600. The average molecular weight is 508 g/mol. The molecule has 7 nitrogen and oxygen atoms in total. The van der Waals surface area contributed by atoms with Crippen LogP contribution in [-0.2, 0) is 35.0 Å². The topological polar surface area (TPSA) is 74.6 Å². The Morgan fingerprint density at radius 3 is 2.72 bits per heavy atom. The van der Waals surface area contributed by atoms with Crippen molar-refractivity contribution in [1.82, 2.24) is 15.1 Å². The van der Waals surface area contributed by atoms with E-state index in [9.17, 15) is 18.0 Å². The molecule has 0 aliphatic carbocycles. The first kappa shape index (κ1) is 26.1. The Bertz CT molecular complexity index is 1120. The summed E-state index contributed by atoms with van der Waals surface area (Å²) >= 11 is 0. The second-order valence-corrected chi connectivity index (χ2v) is 9.36. The third-order valence-corrected chi connectivity index (χ3v) is 7.03. The summed E-state index contributed by atoms with van der Waals surface area (Å²) in [5, 5.41) is 8.34. The lowest BCUT2D eigenvalue weighted by Crippen LogP contribution is -2.38. The van der Waals surface area contributed by atoms with Crippen molar-refractivity contribution in [3.05, 3.63) is 52.9 Å². The first-order valence-electron chi connectivity index (χ1n) is 12.2. The van der Waals surface area contributed by atoms with E-state index in [1.165, 1.54) is 5.56 Å². The van der Waals surface area contributed by atoms with Crippen LogP contribution in [0.2, 0.25) is 0 Å². The summed E-state index contributed by atoms with van der Waals surface area (Å²) in [6.45, 7) is 9.45. The van der Waals surface area contributed by atoms with E-state index in [2.05, 4.69) is 11.9 Å². The van der Waals surface area contributed by atoms with Gasteiger partial charge < -0.3 is 19.5 Å². The van der Waals surface area contributed by atoms with Gasteiger partial charge in [0.15, 0.2) is 0 Å². The third kappa shape index (κ3) is 5.38. The normalized spacial score (nSPS) is 17.3. The number of hydrogen-bond acceptors (Lipinski definition) is 6. The van der Waals surface area contributed by atoms with E-state index in [1.807, 2.05) is 11.6 Å². The fraction of sp³-hybridized carbons (Fsp3) is 0.538. The summed E-state index contributed by atoms with van der Waals surface area (Å²) in [4.78, 5) is 12.4. The lowest BCUT2D eigenvalue weighted by molar-refractivity contribution is -0.138. The number of fused-ring (bicyclic) bond motifs is 1. The Kier molecular flexibility index (Phi) is 7.63. The quantitative estimate of drug-likeness (QED) is 0.435. The number of ether oxygens (including phenoxy) is 3. The zero-order valence-electron chi connectivity index (χ0n) is 20.7. The highest BCUT2D eigenvalue weighted by Gasteiger charge is 2.38. The minimum Gasteiger partial charge on any atom is -0.496 e. The van der Waals surface area contributed by atoms with E-state index < -0.39 is 23.5 Å². The molecule has 0 bridgehead atoms. The van der Waals surface area contributed by atoms with Gasteiger partial charge in [-0.3, -0.25) is 4.68 Å². The fourth-order valence-electron chi connectivity index (χ4n) is 5.02. The minimum absolute atomic E-state index is 0.00723. The van der Waals surface area contributed by atoms with Crippen LogP contribution in [0.4, 0.5) is 13.2 Å². The number of benzene rings is 1. The van der Waals surface area contributed by atoms with E-state index in [-0.39, 0.29) is 17.6 Å². The smallest absolute Gasteiger partial charge is 0.419 e. The van der Waals surface area contributed by atoms with Crippen molar-refractivity contribution < 1.29 is 32.2 Å². The van der Waals surface area contributed by atoms with E-state index in [1.54, 1.807) is 0 Å². The van der Waals surface area contributed by atoms with Crippen LogP contribution in [0.1, 0.15) is 59.1 Å². The number of methoxy groups -OCH3 is 1. The molecule has 0 amide bonds. The molecule has 4 rings (SSSR count). The average Bonchev–Trinajstić information content (AvgIpc) is 3.14. The minimum atomic E-state index is -4.57. The van der Waals surface area contributed by atoms with Gasteiger partial charge in [-0.15, -0.1) is 0 Å². The van der Waals surface area contributed by atoms with Crippen molar-refractivity contribution in [2.75, 3.05) is 33.5 Å². The van der Waals surface area contributed by atoms with Crippen LogP contribution in [0.3, 0.4) is 0 Å². The zero-order valence-corrected chi connectivity index (χ0v) is 20.7. The summed E-state index contributed by atoms with van der Waals surface area (Å²) in [5.41, 5.74) is 3.22. The summed E-state index contributed by atoms with van der Waals surface area (Å²) in [5.74, 6) is -1.11. The second kappa shape index (κ2) is 10.5. The van der Waals surface area contributed by atoms with Gasteiger partial charge in [-0.1, -0.05) is 6.58 Å². The van der Waals surface area contributed by atoms with Crippen molar-refractivity contribution in [1.29, 1.82) is 0 Å². The molecule has 1 fully saturated rings. The fourth-order valence-corrected chi connectivity index (χ4v) is 5.02. The molecule has 3 heterocycles. The van der Waals surface area contributed by atoms with E-state index in [0.29, 0.717) is 19.4 Å². The van der Waals surface area contributed by atoms with Crippen molar-refractivity contribution in [3.8, 4) is 5.75 Å². The van der Waals surface area contributed by atoms with Crippen molar-refractivity contribution >= 4 is 11.7 Å². The predicted octanol–water partition coefficient (Wildman–Crippen LogP) is 4.63. The van der Waals surface area contributed by atoms with Crippen LogP contribution in [0, 0.1) is 5.41 Å². The number of carbonyl (C=O) groups excluding carboxylic acids is 1. The van der Waals surface area contributed by atoms with Crippen LogP contribution in [0.5, 0.6) is 5.75 Å². The molecule has 0 radical (unpaired) electrons. The van der Waals surface area contributed by atoms with Gasteiger partial charge in [0, 0.05) is 31.9 Å². The Balaban J connectivity index is 1.43. The van der Waals surface area contributed by atoms with E-state index >= 15 is 0 Å². The predicted molar refractivity (Wildman–Crippen MR) is 128 cm³/mol. The molecule has 0 unspecified atom stereocenters. The molecule has 2 aliphatic heterocycles. The maximum absolute atomic E-state index is 13.1. The van der Waals surface area contributed by atoms with Gasteiger partial charge in [0.2, 0.25) is 0 Å². The number of rotatable bonds is 7. The van der Waals surface area contributed by atoms with Crippen molar-refractivity contribution in [2.24, 2.45) is 5.41 Å². The highest BCUT2D eigenvalue weighted by atomic mass is 19.4. The van der Waals surface area contributed by atoms with Gasteiger partial charge in [-0.05, 0) is 62.6 Å². The van der Waals surface area contributed by atoms with Crippen LogP contribution < -0.4 is 10.1 Å². The third-order valence-electron chi connectivity index (χ3n) is 7.03. The number of hydrogen-bond donors (Lipinski definition) is 1. The summed E-state index contributed by atoms with van der Waals surface area (Å²) in [6, 6.07) is 2.98. The van der Waals surface area contributed by atoms with Gasteiger partial charge in [-0.25, -0.2) is 4.79 Å². The molecule has 2 aliphatic rings. The van der Waals surface area contributed by atoms with Crippen LogP contribution in [0.15, 0.2) is 24.8 Å². The number of aromatic nitrogens is 2. The van der Waals surface area contributed by atoms with Crippen molar-refractivity contribution in [3.63, 3.8) is 0 Å². The molecule has 36 heavy (non-hydrogen) atoms. The van der Waals surface area contributed by atoms with Gasteiger partial charge in [0.25, 0.3) is 0 Å². The molecule has 1 aromatic carbocycles.